The molecule has 1 aromatic rings. The summed E-state index contributed by atoms with van der Waals surface area (Å²) in [6.45, 7) is 0.791. The van der Waals surface area contributed by atoms with Crippen LogP contribution in [0.5, 0.6) is 0 Å². The number of hydrogen-bond donors (Lipinski definition) is 1. The van der Waals surface area contributed by atoms with Gasteiger partial charge >= 0.3 is 0 Å². The van der Waals surface area contributed by atoms with Gasteiger partial charge in [-0.15, -0.1) is 11.8 Å². The molecule has 124 valence electrons. The first-order valence-electron chi connectivity index (χ1n) is 8.05. The van der Waals surface area contributed by atoms with Gasteiger partial charge < -0.3 is 10.6 Å². The van der Waals surface area contributed by atoms with E-state index in [0.29, 0.717) is 5.75 Å². The predicted octanol–water partition coefficient (Wildman–Crippen LogP) is 2.69. The van der Waals surface area contributed by atoms with Crippen molar-refractivity contribution in [3.05, 3.63) is 42.0 Å². The number of nitrogens with two attached hydrogens (primary N) is 1. The quantitative estimate of drug-likeness (QED) is 0.871. The van der Waals surface area contributed by atoms with Crippen molar-refractivity contribution in [2.45, 2.75) is 31.7 Å². The molecular weight excluding hydrogens is 308 g/mol. The van der Waals surface area contributed by atoms with E-state index in [4.69, 9.17) is 5.73 Å². The van der Waals surface area contributed by atoms with Gasteiger partial charge in [0.2, 0.25) is 11.8 Å². The zero-order chi connectivity index (χ0) is 16.5. The van der Waals surface area contributed by atoms with E-state index < -0.39 is 0 Å². The third-order valence-corrected chi connectivity index (χ3v) is 4.84. The number of rotatable bonds is 6. The van der Waals surface area contributed by atoms with Gasteiger partial charge in [0.05, 0.1) is 17.5 Å². The summed E-state index contributed by atoms with van der Waals surface area (Å²) in [4.78, 5) is 25.2. The number of nitrogens with zero attached hydrogens (tertiary/aromatic N) is 1. The van der Waals surface area contributed by atoms with Crippen molar-refractivity contribution in [3.63, 3.8) is 0 Å². The smallest absolute Gasteiger partial charge is 0.233 e. The van der Waals surface area contributed by atoms with Crippen LogP contribution in [-0.2, 0) is 9.59 Å². The maximum Gasteiger partial charge on any atom is 0.233 e. The molecule has 1 heterocycles. The van der Waals surface area contributed by atoms with Crippen LogP contribution in [0.15, 0.2) is 36.4 Å². The minimum atomic E-state index is -0.376. The van der Waals surface area contributed by atoms with Crippen LogP contribution in [0.4, 0.5) is 0 Å². The molecule has 0 saturated carbocycles. The van der Waals surface area contributed by atoms with Crippen molar-refractivity contribution in [1.29, 1.82) is 0 Å². The number of benzene rings is 1. The SMILES string of the molecule is NC(=O)CSCC(=O)N1CCCCCC1C=Cc1ccccc1. The molecular formula is C18H24N2O2S. The molecule has 1 atom stereocenters. The van der Waals surface area contributed by atoms with Crippen LogP contribution >= 0.6 is 11.8 Å². The number of primary amides is 1. The fraction of sp³-hybridized carbons (Fsp3) is 0.444. The largest absolute Gasteiger partial charge is 0.369 e. The van der Waals surface area contributed by atoms with Gasteiger partial charge in [0, 0.05) is 6.54 Å². The van der Waals surface area contributed by atoms with Crippen molar-refractivity contribution >= 4 is 29.7 Å². The molecule has 1 aliphatic heterocycles. The highest BCUT2D eigenvalue weighted by Crippen LogP contribution is 2.20. The van der Waals surface area contributed by atoms with Crippen molar-refractivity contribution in [2.24, 2.45) is 5.73 Å². The summed E-state index contributed by atoms with van der Waals surface area (Å²) in [6.07, 6.45) is 8.57. The second kappa shape index (κ2) is 9.40. The van der Waals surface area contributed by atoms with E-state index in [0.717, 1.165) is 37.8 Å². The van der Waals surface area contributed by atoms with Crippen LogP contribution in [0.3, 0.4) is 0 Å². The van der Waals surface area contributed by atoms with Gasteiger partial charge in [-0.25, -0.2) is 0 Å². The molecule has 0 aromatic heterocycles. The zero-order valence-electron chi connectivity index (χ0n) is 13.3. The molecule has 4 nitrogen and oxygen atoms in total. The lowest BCUT2D eigenvalue weighted by Gasteiger charge is -2.28. The van der Waals surface area contributed by atoms with Crippen LogP contribution in [0.2, 0.25) is 0 Å². The Labute approximate surface area is 142 Å². The van der Waals surface area contributed by atoms with Crippen molar-refractivity contribution < 1.29 is 9.59 Å². The number of hydrogen-bond acceptors (Lipinski definition) is 3. The minimum Gasteiger partial charge on any atom is -0.369 e. The van der Waals surface area contributed by atoms with Gasteiger partial charge in [-0.05, 0) is 18.4 Å². The molecule has 1 aliphatic rings. The fourth-order valence-corrected chi connectivity index (χ4v) is 3.40. The normalized spacial score (nSPS) is 18.8. The van der Waals surface area contributed by atoms with Crippen LogP contribution in [-0.4, -0.2) is 40.8 Å². The molecule has 1 saturated heterocycles. The Morgan fingerprint density at radius 2 is 1.96 bits per heavy atom. The maximum absolute atomic E-state index is 12.5. The molecule has 2 amide bonds. The Morgan fingerprint density at radius 1 is 1.17 bits per heavy atom. The first-order valence-corrected chi connectivity index (χ1v) is 9.21. The summed E-state index contributed by atoms with van der Waals surface area (Å²) in [5.74, 6) is 0.239. The number of likely N-dealkylation sites (tertiary alicyclic amines) is 1. The van der Waals surface area contributed by atoms with Gasteiger partial charge in [-0.3, -0.25) is 9.59 Å². The zero-order valence-corrected chi connectivity index (χ0v) is 14.1. The first-order chi connectivity index (χ1) is 11.2. The van der Waals surface area contributed by atoms with E-state index >= 15 is 0 Å². The van der Waals surface area contributed by atoms with E-state index in [2.05, 4.69) is 24.3 Å². The van der Waals surface area contributed by atoms with Gasteiger partial charge in [-0.2, -0.15) is 0 Å². The number of thioether (sulfide) groups is 1. The monoisotopic (exact) mass is 332 g/mol. The Kier molecular flexibility index (Phi) is 7.20. The Bertz CT molecular complexity index is 545. The fourth-order valence-electron chi connectivity index (χ4n) is 2.75. The van der Waals surface area contributed by atoms with E-state index in [-0.39, 0.29) is 23.6 Å². The van der Waals surface area contributed by atoms with Crippen LogP contribution in [0.25, 0.3) is 6.08 Å². The highest BCUT2D eigenvalue weighted by atomic mass is 32.2. The second-order valence-corrected chi connectivity index (χ2v) is 6.72. The van der Waals surface area contributed by atoms with E-state index in [9.17, 15) is 9.59 Å². The van der Waals surface area contributed by atoms with E-state index in [1.807, 2.05) is 23.1 Å². The molecule has 5 heteroatoms. The van der Waals surface area contributed by atoms with Gasteiger partial charge in [0.1, 0.15) is 0 Å². The van der Waals surface area contributed by atoms with Crippen LogP contribution in [0, 0.1) is 0 Å². The summed E-state index contributed by atoms with van der Waals surface area (Å²) < 4.78 is 0. The lowest BCUT2D eigenvalue weighted by Crippen LogP contribution is -2.40. The van der Waals surface area contributed by atoms with Gasteiger partial charge in [-0.1, -0.05) is 55.3 Å². The Morgan fingerprint density at radius 3 is 2.70 bits per heavy atom. The molecule has 2 N–H and O–H groups in total. The molecule has 1 unspecified atom stereocenters. The standard InChI is InChI=1S/C18H24N2O2S/c19-17(21)13-23-14-18(22)20-12-6-2-5-9-16(20)11-10-15-7-3-1-4-8-15/h1,3-4,7-8,10-11,16H,2,5-6,9,12-14H2,(H2,19,21). The predicted molar refractivity (Wildman–Crippen MR) is 96.0 cm³/mol. The molecule has 1 fully saturated rings. The molecule has 2 rings (SSSR count). The summed E-state index contributed by atoms with van der Waals surface area (Å²) in [6, 6.07) is 10.3. The summed E-state index contributed by atoms with van der Waals surface area (Å²) in [5.41, 5.74) is 6.27. The molecule has 0 aliphatic carbocycles. The molecule has 23 heavy (non-hydrogen) atoms. The van der Waals surface area contributed by atoms with Crippen LogP contribution < -0.4 is 5.73 Å². The van der Waals surface area contributed by atoms with Crippen LogP contribution in [0.1, 0.15) is 31.2 Å². The highest BCUT2D eigenvalue weighted by Gasteiger charge is 2.23. The molecule has 0 bridgehead atoms. The average molecular weight is 332 g/mol. The van der Waals surface area contributed by atoms with Gasteiger partial charge in [0.25, 0.3) is 0 Å². The molecule has 0 spiro atoms. The lowest BCUT2D eigenvalue weighted by atomic mass is 10.1. The van der Waals surface area contributed by atoms with E-state index in [1.165, 1.54) is 11.8 Å². The third kappa shape index (κ3) is 6.10. The Balaban J connectivity index is 1.99. The number of carbonyl (C=O) groups is 2. The maximum atomic E-state index is 12.5. The first kappa shape index (κ1) is 17.6. The Hall–Kier alpha value is -1.75. The second-order valence-electron chi connectivity index (χ2n) is 5.73. The number of amides is 2. The van der Waals surface area contributed by atoms with E-state index in [1.54, 1.807) is 0 Å². The van der Waals surface area contributed by atoms with Crippen molar-refractivity contribution in [1.82, 2.24) is 4.90 Å². The molecule has 1 aromatic carbocycles. The van der Waals surface area contributed by atoms with Gasteiger partial charge in [0.15, 0.2) is 0 Å². The topological polar surface area (TPSA) is 63.4 Å². The molecule has 0 radical (unpaired) electrons. The summed E-state index contributed by atoms with van der Waals surface area (Å²) in [7, 11) is 0. The van der Waals surface area contributed by atoms with Crippen molar-refractivity contribution in [2.75, 3.05) is 18.1 Å². The third-order valence-electron chi connectivity index (χ3n) is 3.90. The lowest BCUT2D eigenvalue weighted by molar-refractivity contribution is -0.129. The summed E-state index contributed by atoms with van der Waals surface area (Å²) >= 11 is 1.30. The highest BCUT2D eigenvalue weighted by molar-refractivity contribution is 8.00. The minimum absolute atomic E-state index is 0.0980. The number of carbonyl (C=O) groups excluding carboxylic acids is 2. The average Bonchev–Trinajstić information content (AvgIpc) is 2.79. The van der Waals surface area contributed by atoms with Crippen molar-refractivity contribution in [3.8, 4) is 0 Å². The summed E-state index contributed by atoms with van der Waals surface area (Å²) in [5, 5.41) is 0.